The highest BCUT2D eigenvalue weighted by molar-refractivity contribution is 9.10. The van der Waals surface area contributed by atoms with Gasteiger partial charge in [-0.2, -0.15) is 5.10 Å². The molecule has 1 atom stereocenters. The van der Waals surface area contributed by atoms with Crippen molar-refractivity contribution in [1.29, 1.82) is 0 Å². The lowest BCUT2D eigenvalue weighted by atomic mass is 10.3. The Labute approximate surface area is 98.4 Å². The summed E-state index contributed by atoms with van der Waals surface area (Å²) in [6.07, 6.45) is 5.19. The topological polar surface area (TPSA) is 47.3 Å². The van der Waals surface area contributed by atoms with Crippen LogP contribution in [-0.4, -0.2) is 34.2 Å². The number of hydrogen-bond donors (Lipinski definition) is 1. The van der Waals surface area contributed by atoms with E-state index >= 15 is 0 Å². The first-order valence-corrected chi connectivity index (χ1v) is 5.95. The summed E-state index contributed by atoms with van der Waals surface area (Å²) in [5.41, 5.74) is 0. The minimum atomic E-state index is -0.492. The molecule has 1 aromatic heterocycles. The van der Waals surface area contributed by atoms with Gasteiger partial charge in [-0.25, -0.2) is 0 Å². The molecule has 0 amide bonds. The number of halogens is 1. The molecule has 1 N–H and O–H groups in total. The lowest BCUT2D eigenvalue weighted by Gasteiger charge is -2.10. The molecule has 0 aromatic carbocycles. The van der Waals surface area contributed by atoms with Crippen molar-refractivity contribution in [2.45, 2.75) is 32.4 Å². The van der Waals surface area contributed by atoms with Crippen LogP contribution in [0.3, 0.4) is 0 Å². The number of aliphatic hydroxyl groups excluding tert-OH is 1. The van der Waals surface area contributed by atoms with Crippen LogP contribution in [0.1, 0.15) is 19.8 Å². The number of rotatable bonds is 7. The predicted molar refractivity (Wildman–Crippen MR) is 61.7 cm³/mol. The first-order valence-electron chi connectivity index (χ1n) is 5.16. The largest absolute Gasteiger partial charge is 0.389 e. The monoisotopic (exact) mass is 276 g/mol. The lowest BCUT2D eigenvalue weighted by molar-refractivity contribution is 0.0253. The maximum absolute atomic E-state index is 9.61. The van der Waals surface area contributed by atoms with Crippen LogP contribution >= 0.6 is 15.9 Å². The highest BCUT2D eigenvalue weighted by Gasteiger charge is 2.06. The number of aromatic nitrogens is 2. The van der Waals surface area contributed by atoms with Gasteiger partial charge in [0.25, 0.3) is 0 Å². The molecule has 0 aliphatic heterocycles. The Morgan fingerprint density at radius 3 is 3.07 bits per heavy atom. The molecule has 0 saturated heterocycles. The maximum Gasteiger partial charge on any atom is 0.0968 e. The third-order valence-corrected chi connectivity index (χ3v) is 2.36. The van der Waals surface area contributed by atoms with Gasteiger partial charge in [0.1, 0.15) is 0 Å². The fourth-order valence-electron chi connectivity index (χ4n) is 1.17. The summed E-state index contributed by atoms with van der Waals surface area (Å²) < 4.78 is 7.92. The van der Waals surface area contributed by atoms with Gasteiger partial charge in [-0.3, -0.25) is 4.68 Å². The summed E-state index contributed by atoms with van der Waals surface area (Å²) in [5, 5.41) is 13.7. The average molecular weight is 277 g/mol. The normalized spacial score (nSPS) is 13.0. The van der Waals surface area contributed by atoms with E-state index < -0.39 is 6.10 Å². The summed E-state index contributed by atoms with van der Waals surface area (Å²) >= 11 is 3.30. The second kappa shape index (κ2) is 6.98. The van der Waals surface area contributed by atoms with Crippen LogP contribution in [0, 0.1) is 0 Å². The molecule has 0 bridgehead atoms. The quantitative estimate of drug-likeness (QED) is 0.773. The third-order valence-electron chi connectivity index (χ3n) is 1.95. The SMILES string of the molecule is CCCCOCC(O)Cn1cc(Br)cn1. The van der Waals surface area contributed by atoms with Crippen LogP contribution < -0.4 is 0 Å². The van der Waals surface area contributed by atoms with Crippen LogP contribution in [0.2, 0.25) is 0 Å². The van der Waals surface area contributed by atoms with Crippen molar-refractivity contribution < 1.29 is 9.84 Å². The van der Waals surface area contributed by atoms with Gasteiger partial charge in [-0.15, -0.1) is 0 Å². The standard InChI is InChI=1S/C10H17BrN2O2/c1-2-3-4-15-8-10(14)7-13-6-9(11)5-12-13/h5-6,10,14H,2-4,7-8H2,1H3. The van der Waals surface area contributed by atoms with Gasteiger partial charge in [-0.1, -0.05) is 13.3 Å². The Bertz CT molecular complexity index is 278. The molecular formula is C10H17BrN2O2. The van der Waals surface area contributed by atoms with Crippen molar-refractivity contribution in [3.63, 3.8) is 0 Å². The van der Waals surface area contributed by atoms with E-state index in [2.05, 4.69) is 28.0 Å². The molecule has 0 fully saturated rings. The second-order valence-electron chi connectivity index (χ2n) is 3.46. The second-order valence-corrected chi connectivity index (χ2v) is 4.38. The molecule has 0 saturated carbocycles. The summed E-state index contributed by atoms with van der Waals surface area (Å²) in [4.78, 5) is 0. The van der Waals surface area contributed by atoms with E-state index in [1.165, 1.54) is 0 Å². The molecule has 1 aromatic rings. The van der Waals surface area contributed by atoms with Crippen LogP contribution in [0.25, 0.3) is 0 Å². The number of nitrogens with zero attached hydrogens (tertiary/aromatic N) is 2. The Morgan fingerprint density at radius 1 is 1.67 bits per heavy atom. The highest BCUT2D eigenvalue weighted by Crippen LogP contribution is 2.06. The predicted octanol–water partition coefficient (Wildman–Crippen LogP) is 1.82. The molecular weight excluding hydrogens is 260 g/mol. The number of hydrogen-bond acceptors (Lipinski definition) is 3. The van der Waals surface area contributed by atoms with E-state index in [1.54, 1.807) is 10.9 Å². The first kappa shape index (κ1) is 12.7. The van der Waals surface area contributed by atoms with E-state index in [4.69, 9.17) is 4.74 Å². The summed E-state index contributed by atoms with van der Waals surface area (Å²) in [6.45, 7) is 3.67. The van der Waals surface area contributed by atoms with Gasteiger partial charge in [0.05, 0.1) is 29.9 Å². The zero-order chi connectivity index (χ0) is 11.1. The number of ether oxygens (including phenoxy) is 1. The summed E-state index contributed by atoms with van der Waals surface area (Å²) in [6, 6.07) is 0. The van der Waals surface area contributed by atoms with E-state index in [0.29, 0.717) is 13.2 Å². The Balaban J connectivity index is 2.15. The Morgan fingerprint density at radius 2 is 2.47 bits per heavy atom. The fraction of sp³-hybridized carbons (Fsp3) is 0.700. The van der Waals surface area contributed by atoms with Crippen molar-refractivity contribution >= 4 is 15.9 Å². The molecule has 0 aliphatic carbocycles. The average Bonchev–Trinajstić information content (AvgIpc) is 2.59. The van der Waals surface area contributed by atoms with E-state index in [1.807, 2.05) is 6.20 Å². The third kappa shape index (κ3) is 5.30. The van der Waals surface area contributed by atoms with Crippen LogP contribution in [0.5, 0.6) is 0 Å². The van der Waals surface area contributed by atoms with Gasteiger partial charge in [0.15, 0.2) is 0 Å². The Kier molecular flexibility index (Phi) is 5.90. The van der Waals surface area contributed by atoms with Gasteiger partial charge in [0, 0.05) is 12.8 Å². The van der Waals surface area contributed by atoms with Gasteiger partial charge in [0.2, 0.25) is 0 Å². The molecule has 15 heavy (non-hydrogen) atoms. The van der Waals surface area contributed by atoms with Crippen molar-refractivity contribution in [2.24, 2.45) is 0 Å². The maximum atomic E-state index is 9.61. The summed E-state index contributed by atoms with van der Waals surface area (Å²) in [7, 11) is 0. The van der Waals surface area contributed by atoms with Gasteiger partial charge < -0.3 is 9.84 Å². The van der Waals surface area contributed by atoms with Crippen molar-refractivity contribution in [1.82, 2.24) is 9.78 Å². The number of aliphatic hydroxyl groups is 1. The zero-order valence-corrected chi connectivity index (χ0v) is 10.5. The zero-order valence-electron chi connectivity index (χ0n) is 8.90. The van der Waals surface area contributed by atoms with Crippen molar-refractivity contribution in [3.8, 4) is 0 Å². The molecule has 5 heteroatoms. The molecule has 1 unspecified atom stereocenters. The first-order chi connectivity index (χ1) is 7.22. The minimum absolute atomic E-state index is 0.372. The molecule has 0 aliphatic rings. The molecule has 4 nitrogen and oxygen atoms in total. The van der Waals surface area contributed by atoms with Crippen LogP contribution in [-0.2, 0) is 11.3 Å². The van der Waals surface area contributed by atoms with Gasteiger partial charge in [-0.05, 0) is 22.4 Å². The van der Waals surface area contributed by atoms with Crippen molar-refractivity contribution in [2.75, 3.05) is 13.2 Å². The molecule has 86 valence electrons. The molecule has 1 rings (SSSR count). The van der Waals surface area contributed by atoms with E-state index in [0.717, 1.165) is 23.9 Å². The van der Waals surface area contributed by atoms with E-state index in [9.17, 15) is 5.11 Å². The number of unbranched alkanes of at least 4 members (excludes halogenated alkanes) is 1. The molecule has 0 radical (unpaired) electrons. The highest BCUT2D eigenvalue weighted by atomic mass is 79.9. The van der Waals surface area contributed by atoms with Crippen molar-refractivity contribution in [3.05, 3.63) is 16.9 Å². The minimum Gasteiger partial charge on any atom is -0.389 e. The van der Waals surface area contributed by atoms with Crippen LogP contribution in [0.4, 0.5) is 0 Å². The summed E-state index contributed by atoms with van der Waals surface area (Å²) in [5.74, 6) is 0. The smallest absolute Gasteiger partial charge is 0.0968 e. The lowest BCUT2D eigenvalue weighted by Crippen LogP contribution is -2.22. The van der Waals surface area contributed by atoms with E-state index in [-0.39, 0.29) is 0 Å². The van der Waals surface area contributed by atoms with Gasteiger partial charge >= 0.3 is 0 Å². The Hall–Kier alpha value is -0.390. The molecule has 1 heterocycles. The van der Waals surface area contributed by atoms with Crippen LogP contribution in [0.15, 0.2) is 16.9 Å². The fourth-order valence-corrected chi connectivity index (χ4v) is 1.50. The molecule has 0 spiro atoms.